The summed E-state index contributed by atoms with van der Waals surface area (Å²) in [6, 6.07) is 25.3. The van der Waals surface area contributed by atoms with Crippen molar-refractivity contribution in [3.8, 4) is 11.1 Å². The third-order valence-corrected chi connectivity index (χ3v) is 4.99. The van der Waals surface area contributed by atoms with Gasteiger partial charge in [-0.3, -0.25) is 9.59 Å². The van der Waals surface area contributed by atoms with E-state index in [9.17, 15) is 9.59 Å². The molecule has 5 heteroatoms. The van der Waals surface area contributed by atoms with Gasteiger partial charge in [0.15, 0.2) is 0 Å². The number of thioether (sulfide) groups is 1. The highest BCUT2D eigenvalue weighted by atomic mass is 32.2. The van der Waals surface area contributed by atoms with Crippen LogP contribution in [0.25, 0.3) is 11.1 Å². The fourth-order valence-electron chi connectivity index (χ4n) is 2.80. The smallest absolute Gasteiger partial charge is 0.234 e. The Labute approximate surface area is 169 Å². The molecule has 3 aromatic carbocycles. The summed E-state index contributed by atoms with van der Waals surface area (Å²) >= 11 is 1.29. The van der Waals surface area contributed by atoms with Crippen molar-refractivity contribution >= 4 is 35.0 Å². The number of rotatable bonds is 7. The normalized spacial score (nSPS) is 10.3. The second kappa shape index (κ2) is 9.76. The Morgan fingerprint density at radius 1 is 0.786 bits per heavy atom. The molecule has 142 valence electrons. The Balaban J connectivity index is 1.51. The molecule has 3 rings (SSSR count). The number of amides is 2. The first-order valence-electron chi connectivity index (χ1n) is 9.00. The van der Waals surface area contributed by atoms with Gasteiger partial charge in [0.1, 0.15) is 0 Å². The van der Waals surface area contributed by atoms with Gasteiger partial charge >= 0.3 is 0 Å². The van der Waals surface area contributed by atoms with Crippen LogP contribution < -0.4 is 10.6 Å². The van der Waals surface area contributed by atoms with Gasteiger partial charge in [0.2, 0.25) is 11.8 Å². The van der Waals surface area contributed by atoms with Crippen LogP contribution >= 0.6 is 11.8 Å². The molecule has 0 aromatic heterocycles. The van der Waals surface area contributed by atoms with Crippen LogP contribution in [-0.4, -0.2) is 23.3 Å². The van der Waals surface area contributed by atoms with Crippen LogP contribution in [0.3, 0.4) is 0 Å². The van der Waals surface area contributed by atoms with Crippen LogP contribution in [0.4, 0.5) is 11.4 Å². The summed E-state index contributed by atoms with van der Waals surface area (Å²) < 4.78 is 0. The van der Waals surface area contributed by atoms with Crippen molar-refractivity contribution in [2.75, 3.05) is 22.1 Å². The summed E-state index contributed by atoms with van der Waals surface area (Å²) in [6.45, 7) is 1.97. The van der Waals surface area contributed by atoms with Gasteiger partial charge in [0.25, 0.3) is 0 Å². The summed E-state index contributed by atoms with van der Waals surface area (Å²) in [5.74, 6) is 0.191. The molecule has 0 spiro atoms. The first-order chi connectivity index (χ1) is 13.6. The summed E-state index contributed by atoms with van der Waals surface area (Å²) in [5.41, 5.74) is 4.64. The minimum atomic E-state index is -0.128. The second-order valence-electron chi connectivity index (χ2n) is 6.37. The number of carbonyl (C=O) groups excluding carboxylic acids is 2. The summed E-state index contributed by atoms with van der Waals surface area (Å²) in [6.07, 6.45) is 0. The van der Waals surface area contributed by atoms with E-state index < -0.39 is 0 Å². The van der Waals surface area contributed by atoms with Crippen LogP contribution in [0, 0.1) is 6.92 Å². The van der Waals surface area contributed by atoms with Gasteiger partial charge in [-0.2, -0.15) is 0 Å². The Morgan fingerprint density at radius 2 is 1.46 bits per heavy atom. The second-order valence-corrected chi connectivity index (χ2v) is 7.36. The van der Waals surface area contributed by atoms with Gasteiger partial charge in [-0.05, 0) is 36.2 Å². The third-order valence-electron chi connectivity index (χ3n) is 4.05. The zero-order valence-corrected chi connectivity index (χ0v) is 16.5. The van der Waals surface area contributed by atoms with E-state index in [2.05, 4.69) is 10.6 Å². The molecule has 2 N–H and O–H groups in total. The van der Waals surface area contributed by atoms with Crippen molar-refractivity contribution in [3.05, 3.63) is 84.4 Å². The van der Waals surface area contributed by atoms with Crippen molar-refractivity contribution in [1.82, 2.24) is 0 Å². The number of para-hydroxylation sites is 1. The molecule has 0 radical (unpaired) electrons. The van der Waals surface area contributed by atoms with E-state index in [0.717, 1.165) is 28.1 Å². The number of aryl methyl sites for hydroxylation is 1. The molecular weight excluding hydrogens is 368 g/mol. The molecule has 4 nitrogen and oxygen atoms in total. The minimum Gasteiger partial charge on any atom is -0.325 e. The summed E-state index contributed by atoms with van der Waals surface area (Å²) in [5, 5.41) is 5.79. The fourth-order valence-corrected chi connectivity index (χ4v) is 3.42. The first-order valence-corrected chi connectivity index (χ1v) is 10.2. The highest BCUT2D eigenvalue weighted by Crippen LogP contribution is 2.27. The third kappa shape index (κ3) is 5.72. The van der Waals surface area contributed by atoms with Crippen molar-refractivity contribution in [2.45, 2.75) is 6.92 Å². The monoisotopic (exact) mass is 390 g/mol. The number of nitrogens with one attached hydrogen (secondary N) is 2. The van der Waals surface area contributed by atoms with Crippen LogP contribution in [-0.2, 0) is 9.59 Å². The van der Waals surface area contributed by atoms with Crippen molar-refractivity contribution in [1.29, 1.82) is 0 Å². The maximum atomic E-state index is 12.3. The quantitative estimate of drug-likeness (QED) is 0.599. The Hall–Kier alpha value is -3.05. The molecule has 0 saturated carbocycles. The van der Waals surface area contributed by atoms with Crippen LogP contribution in [0.1, 0.15) is 5.56 Å². The van der Waals surface area contributed by atoms with Gasteiger partial charge in [-0.15, -0.1) is 11.8 Å². The van der Waals surface area contributed by atoms with Gasteiger partial charge in [-0.1, -0.05) is 60.7 Å². The molecule has 28 heavy (non-hydrogen) atoms. The Kier molecular flexibility index (Phi) is 6.87. The van der Waals surface area contributed by atoms with E-state index in [1.165, 1.54) is 11.8 Å². The van der Waals surface area contributed by atoms with E-state index in [1.54, 1.807) is 0 Å². The largest absolute Gasteiger partial charge is 0.325 e. The SMILES string of the molecule is Cc1cccc(NC(=O)CSCC(=O)Nc2ccccc2-c2ccccc2)c1. The lowest BCUT2D eigenvalue weighted by Gasteiger charge is -2.11. The van der Waals surface area contributed by atoms with Crippen LogP contribution in [0.2, 0.25) is 0 Å². The predicted octanol–water partition coefficient (Wildman–Crippen LogP) is 4.97. The highest BCUT2D eigenvalue weighted by Gasteiger charge is 2.10. The molecule has 0 aliphatic heterocycles. The van der Waals surface area contributed by atoms with E-state index >= 15 is 0 Å². The van der Waals surface area contributed by atoms with Gasteiger partial charge in [0.05, 0.1) is 11.5 Å². The average molecular weight is 391 g/mol. The zero-order valence-electron chi connectivity index (χ0n) is 15.6. The first kappa shape index (κ1) is 19.7. The van der Waals surface area contributed by atoms with E-state index in [0.29, 0.717) is 0 Å². The number of benzene rings is 3. The van der Waals surface area contributed by atoms with Crippen molar-refractivity contribution < 1.29 is 9.59 Å². The van der Waals surface area contributed by atoms with E-state index in [-0.39, 0.29) is 23.3 Å². The maximum absolute atomic E-state index is 12.3. The van der Waals surface area contributed by atoms with Gasteiger partial charge in [0, 0.05) is 16.9 Å². The maximum Gasteiger partial charge on any atom is 0.234 e. The number of hydrogen-bond acceptors (Lipinski definition) is 3. The van der Waals surface area contributed by atoms with Crippen molar-refractivity contribution in [3.63, 3.8) is 0 Å². The topological polar surface area (TPSA) is 58.2 Å². The molecule has 0 saturated heterocycles. The lowest BCUT2D eigenvalue weighted by molar-refractivity contribution is -0.114. The molecule has 0 unspecified atom stereocenters. The van der Waals surface area contributed by atoms with Crippen molar-refractivity contribution in [2.24, 2.45) is 0 Å². The Bertz CT molecular complexity index is 958. The predicted molar refractivity (Wildman–Crippen MR) is 118 cm³/mol. The molecule has 2 amide bonds. The molecule has 0 atom stereocenters. The molecule has 0 fully saturated rings. The molecular formula is C23H22N2O2S. The molecule has 3 aromatic rings. The summed E-state index contributed by atoms with van der Waals surface area (Å²) in [7, 11) is 0. The number of anilines is 2. The molecule has 0 heterocycles. The fraction of sp³-hybridized carbons (Fsp3) is 0.130. The standard InChI is InChI=1S/C23H22N2O2S/c1-17-8-7-11-19(14-17)24-22(26)15-28-16-23(27)25-21-13-6-5-12-20(21)18-9-3-2-4-10-18/h2-14H,15-16H2,1H3,(H,24,26)(H,25,27). The van der Waals surface area contributed by atoms with E-state index in [1.807, 2.05) is 85.8 Å². The minimum absolute atomic E-state index is 0.118. The van der Waals surface area contributed by atoms with Gasteiger partial charge in [-0.25, -0.2) is 0 Å². The Morgan fingerprint density at radius 3 is 2.21 bits per heavy atom. The molecule has 0 aliphatic carbocycles. The molecule has 0 bridgehead atoms. The number of hydrogen-bond donors (Lipinski definition) is 2. The molecule has 0 aliphatic rings. The number of carbonyl (C=O) groups is 2. The summed E-state index contributed by atoms with van der Waals surface area (Å²) in [4.78, 5) is 24.4. The lowest BCUT2D eigenvalue weighted by Crippen LogP contribution is -2.18. The average Bonchev–Trinajstić information content (AvgIpc) is 2.69. The zero-order chi connectivity index (χ0) is 19.8. The lowest BCUT2D eigenvalue weighted by atomic mass is 10.0. The van der Waals surface area contributed by atoms with Crippen LogP contribution in [0.5, 0.6) is 0 Å². The van der Waals surface area contributed by atoms with E-state index in [4.69, 9.17) is 0 Å². The highest BCUT2D eigenvalue weighted by molar-refractivity contribution is 8.00. The van der Waals surface area contributed by atoms with Gasteiger partial charge < -0.3 is 10.6 Å². The van der Waals surface area contributed by atoms with Crippen LogP contribution in [0.15, 0.2) is 78.9 Å².